The van der Waals surface area contributed by atoms with Crippen molar-refractivity contribution in [3.63, 3.8) is 0 Å². The summed E-state index contributed by atoms with van der Waals surface area (Å²) in [6.45, 7) is 7.15. The normalized spacial score (nSPS) is 24.0. The lowest BCUT2D eigenvalue weighted by Crippen LogP contribution is -2.47. The third-order valence-corrected chi connectivity index (χ3v) is 4.85. The number of carbonyl (C=O) groups excluding carboxylic acids is 1. The highest BCUT2D eigenvalue weighted by Gasteiger charge is 2.27. The van der Waals surface area contributed by atoms with Crippen LogP contribution in [0.1, 0.15) is 50.4 Å². The minimum absolute atomic E-state index is 0.178. The molecule has 0 bridgehead atoms. The number of carbonyl (C=O) groups is 1. The SMILES string of the molecule is C[C@H](CN1[C@@H](C)CCC[C@@H]1C)OC(=O)c1ccc(Cl)cc1Cl. The van der Waals surface area contributed by atoms with Crippen LogP contribution in [0.25, 0.3) is 0 Å². The molecule has 0 radical (unpaired) electrons. The average molecular weight is 344 g/mol. The first-order valence-corrected chi connectivity index (χ1v) is 8.56. The van der Waals surface area contributed by atoms with Gasteiger partial charge >= 0.3 is 5.97 Å². The molecule has 1 aliphatic heterocycles. The molecule has 1 aliphatic rings. The van der Waals surface area contributed by atoms with Crippen molar-refractivity contribution < 1.29 is 9.53 Å². The Morgan fingerprint density at radius 3 is 2.55 bits per heavy atom. The Labute approximate surface area is 142 Å². The number of hydrogen-bond acceptors (Lipinski definition) is 3. The van der Waals surface area contributed by atoms with Gasteiger partial charge in [0.2, 0.25) is 0 Å². The van der Waals surface area contributed by atoms with Crippen molar-refractivity contribution in [1.82, 2.24) is 4.90 Å². The Kier molecular flexibility index (Phi) is 6.13. The van der Waals surface area contributed by atoms with Gasteiger partial charge in [-0.3, -0.25) is 4.90 Å². The number of piperidine rings is 1. The number of halogens is 2. The van der Waals surface area contributed by atoms with Crippen LogP contribution in [0.5, 0.6) is 0 Å². The van der Waals surface area contributed by atoms with E-state index in [1.165, 1.54) is 19.3 Å². The van der Waals surface area contributed by atoms with Crippen LogP contribution in [0, 0.1) is 0 Å². The maximum atomic E-state index is 12.2. The number of hydrogen-bond donors (Lipinski definition) is 0. The van der Waals surface area contributed by atoms with Gasteiger partial charge in [-0.1, -0.05) is 29.6 Å². The largest absolute Gasteiger partial charge is 0.458 e. The summed E-state index contributed by atoms with van der Waals surface area (Å²) in [5, 5.41) is 0.829. The van der Waals surface area contributed by atoms with E-state index in [4.69, 9.17) is 27.9 Å². The topological polar surface area (TPSA) is 29.5 Å². The van der Waals surface area contributed by atoms with Gasteiger partial charge in [-0.25, -0.2) is 4.79 Å². The zero-order chi connectivity index (χ0) is 16.3. The highest BCUT2D eigenvalue weighted by molar-refractivity contribution is 6.36. The fourth-order valence-corrected chi connectivity index (χ4v) is 3.56. The predicted molar refractivity (Wildman–Crippen MR) is 90.8 cm³/mol. The summed E-state index contributed by atoms with van der Waals surface area (Å²) in [6.07, 6.45) is 3.50. The maximum Gasteiger partial charge on any atom is 0.339 e. The van der Waals surface area contributed by atoms with Crippen LogP contribution in [0.4, 0.5) is 0 Å². The van der Waals surface area contributed by atoms with E-state index >= 15 is 0 Å². The van der Waals surface area contributed by atoms with E-state index in [1.54, 1.807) is 18.2 Å². The van der Waals surface area contributed by atoms with Crippen molar-refractivity contribution in [2.75, 3.05) is 6.54 Å². The fourth-order valence-electron chi connectivity index (χ4n) is 3.07. The van der Waals surface area contributed by atoms with Gasteiger partial charge in [-0.05, 0) is 51.8 Å². The van der Waals surface area contributed by atoms with Crippen molar-refractivity contribution >= 4 is 29.2 Å². The molecule has 0 aliphatic carbocycles. The van der Waals surface area contributed by atoms with E-state index < -0.39 is 5.97 Å². The molecule has 1 aromatic rings. The van der Waals surface area contributed by atoms with E-state index in [1.807, 2.05) is 6.92 Å². The summed E-state index contributed by atoms with van der Waals surface area (Å²) >= 11 is 11.9. The average Bonchev–Trinajstić information content (AvgIpc) is 2.42. The van der Waals surface area contributed by atoms with Gasteiger partial charge in [0.25, 0.3) is 0 Å². The molecule has 1 heterocycles. The molecular formula is C17H23Cl2NO2. The third kappa shape index (κ3) is 4.37. The highest BCUT2D eigenvalue weighted by Crippen LogP contribution is 2.24. The van der Waals surface area contributed by atoms with Gasteiger partial charge in [0.05, 0.1) is 10.6 Å². The molecule has 1 saturated heterocycles. The number of benzene rings is 1. The molecule has 22 heavy (non-hydrogen) atoms. The van der Waals surface area contributed by atoms with Gasteiger partial charge in [-0.2, -0.15) is 0 Å². The summed E-state index contributed by atoms with van der Waals surface area (Å²) in [7, 11) is 0. The molecule has 1 fully saturated rings. The Hall–Kier alpha value is -0.770. The van der Waals surface area contributed by atoms with Crippen molar-refractivity contribution in [2.45, 2.75) is 58.2 Å². The van der Waals surface area contributed by atoms with E-state index in [9.17, 15) is 4.79 Å². The number of ether oxygens (including phenoxy) is 1. The Balaban J connectivity index is 1.96. The lowest BCUT2D eigenvalue weighted by atomic mass is 9.97. The maximum absolute atomic E-state index is 12.2. The minimum atomic E-state index is -0.397. The lowest BCUT2D eigenvalue weighted by Gasteiger charge is -2.40. The van der Waals surface area contributed by atoms with Crippen molar-refractivity contribution in [2.24, 2.45) is 0 Å². The summed E-state index contributed by atoms with van der Waals surface area (Å²) in [6, 6.07) is 5.86. The zero-order valence-electron chi connectivity index (χ0n) is 13.3. The summed E-state index contributed by atoms with van der Waals surface area (Å²) in [5.74, 6) is -0.397. The van der Waals surface area contributed by atoms with E-state index in [0.29, 0.717) is 27.7 Å². The molecule has 2 rings (SSSR count). The van der Waals surface area contributed by atoms with Crippen molar-refractivity contribution in [3.8, 4) is 0 Å². The van der Waals surface area contributed by atoms with Gasteiger partial charge < -0.3 is 4.74 Å². The van der Waals surface area contributed by atoms with E-state index in [2.05, 4.69) is 18.7 Å². The molecule has 0 amide bonds. The smallest absolute Gasteiger partial charge is 0.339 e. The van der Waals surface area contributed by atoms with Crippen LogP contribution >= 0.6 is 23.2 Å². The van der Waals surface area contributed by atoms with Crippen molar-refractivity contribution in [3.05, 3.63) is 33.8 Å². The number of esters is 1. The molecule has 3 nitrogen and oxygen atoms in total. The van der Waals surface area contributed by atoms with E-state index in [-0.39, 0.29) is 6.10 Å². The van der Waals surface area contributed by atoms with Gasteiger partial charge in [0.1, 0.15) is 6.10 Å². The van der Waals surface area contributed by atoms with Crippen LogP contribution in [-0.2, 0) is 4.74 Å². The molecule has 3 atom stereocenters. The van der Waals surface area contributed by atoms with E-state index in [0.717, 1.165) is 6.54 Å². The monoisotopic (exact) mass is 343 g/mol. The standard InChI is InChI=1S/C17H23Cl2NO2/c1-11-5-4-6-12(2)20(11)10-13(3)22-17(21)15-8-7-14(18)9-16(15)19/h7-9,11-13H,4-6,10H2,1-3H3/t11-,12-,13+/m0/s1. The number of rotatable bonds is 4. The first-order valence-electron chi connectivity index (χ1n) is 7.80. The Morgan fingerprint density at radius 1 is 1.32 bits per heavy atom. The lowest BCUT2D eigenvalue weighted by molar-refractivity contribution is 0.00813. The molecular weight excluding hydrogens is 321 g/mol. The van der Waals surface area contributed by atoms with Crippen LogP contribution < -0.4 is 0 Å². The highest BCUT2D eigenvalue weighted by atomic mass is 35.5. The molecule has 0 aromatic heterocycles. The fraction of sp³-hybridized carbons (Fsp3) is 0.588. The first-order chi connectivity index (χ1) is 10.4. The second-order valence-corrected chi connectivity index (χ2v) is 7.01. The zero-order valence-corrected chi connectivity index (χ0v) is 14.8. The van der Waals surface area contributed by atoms with Crippen LogP contribution in [0.2, 0.25) is 10.0 Å². The molecule has 0 unspecified atom stereocenters. The summed E-state index contributed by atoms with van der Waals surface area (Å²) < 4.78 is 5.55. The second kappa shape index (κ2) is 7.67. The van der Waals surface area contributed by atoms with Crippen molar-refractivity contribution in [1.29, 1.82) is 0 Å². The molecule has 0 N–H and O–H groups in total. The predicted octanol–water partition coefficient (Wildman–Crippen LogP) is 4.80. The number of nitrogens with zero attached hydrogens (tertiary/aromatic N) is 1. The van der Waals surface area contributed by atoms with Gasteiger partial charge in [0, 0.05) is 23.7 Å². The Morgan fingerprint density at radius 2 is 1.95 bits per heavy atom. The second-order valence-electron chi connectivity index (χ2n) is 6.17. The molecule has 0 saturated carbocycles. The minimum Gasteiger partial charge on any atom is -0.458 e. The van der Waals surface area contributed by atoms with Gasteiger partial charge in [0.15, 0.2) is 0 Å². The molecule has 0 spiro atoms. The third-order valence-electron chi connectivity index (χ3n) is 4.30. The quantitative estimate of drug-likeness (QED) is 0.735. The summed E-state index contributed by atoms with van der Waals surface area (Å²) in [4.78, 5) is 14.6. The molecule has 1 aromatic carbocycles. The Bertz CT molecular complexity index is 525. The molecule has 5 heteroatoms. The number of likely N-dealkylation sites (tertiary alicyclic amines) is 1. The summed E-state index contributed by atoms with van der Waals surface area (Å²) in [5.41, 5.74) is 0.359. The van der Waals surface area contributed by atoms with Gasteiger partial charge in [-0.15, -0.1) is 0 Å². The van der Waals surface area contributed by atoms with Crippen LogP contribution in [-0.4, -0.2) is 35.6 Å². The van der Waals surface area contributed by atoms with Crippen LogP contribution in [0.15, 0.2) is 18.2 Å². The van der Waals surface area contributed by atoms with Crippen LogP contribution in [0.3, 0.4) is 0 Å². The first kappa shape index (κ1) is 17.6. The molecule has 122 valence electrons.